The van der Waals surface area contributed by atoms with Gasteiger partial charge in [0.25, 0.3) is 5.91 Å². The molecule has 0 atom stereocenters. The van der Waals surface area contributed by atoms with Crippen molar-refractivity contribution in [2.45, 2.75) is 33.3 Å². The minimum atomic E-state index is -0.710. The van der Waals surface area contributed by atoms with E-state index in [0.717, 1.165) is 5.56 Å². The van der Waals surface area contributed by atoms with Crippen LogP contribution in [0, 0.1) is 36.5 Å². The highest BCUT2D eigenvalue weighted by atomic mass is 16.5. The maximum absolute atomic E-state index is 12.5. The molecule has 0 unspecified atom stereocenters. The molecule has 2 rings (SSSR count). The number of ether oxygens (including phenoxy) is 2. The summed E-state index contributed by atoms with van der Waals surface area (Å²) in [7, 11) is 0. The van der Waals surface area contributed by atoms with Crippen molar-refractivity contribution in [1.82, 2.24) is 10.1 Å². The fourth-order valence-electron chi connectivity index (χ4n) is 2.65. The molecule has 156 valence electrons. The predicted octanol–water partition coefficient (Wildman–Crippen LogP) is 2.68. The molecule has 0 spiro atoms. The fourth-order valence-corrected chi connectivity index (χ4v) is 2.65. The van der Waals surface area contributed by atoms with Gasteiger partial charge in [-0.05, 0) is 26.0 Å². The molecule has 0 N–H and O–H groups in total. The number of carbonyl (C=O) groups is 2. The van der Waals surface area contributed by atoms with Crippen LogP contribution in [-0.4, -0.2) is 41.6 Å². The number of aromatic nitrogens is 1. The van der Waals surface area contributed by atoms with Crippen molar-refractivity contribution < 1.29 is 23.6 Å². The van der Waals surface area contributed by atoms with Crippen LogP contribution in [0.5, 0.6) is 5.75 Å². The van der Waals surface area contributed by atoms with Gasteiger partial charge in [0.15, 0.2) is 6.61 Å². The molecule has 30 heavy (non-hydrogen) atoms. The molecular weight excluding hydrogens is 388 g/mol. The number of hydrogen-bond donors (Lipinski definition) is 0. The van der Waals surface area contributed by atoms with Gasteiger partial charge in [0, 0.05) is 13.1 Å². The Morgan fingerprint density at radius 1 is 1.13 bits per heavy atom. The molecule has 1 aromatic carbocycles. The Bertz CT molecular complexity index is 933. The highest BCUT2D eigenvalue weighted by Crippen LogP contribution is 2.22. The Morgan fingerprint density at radius 3 is 2.40 bits per heavy atom. The Balaban J connectivity index is 2.00. The third-order valence-electron chi connectivity index (χ3n) is 4.33. The molecule has 9 heteroatoms. The number of nitrogens with zero attached hydrogens (tertiary/aromatic N) is 4. The average molecular weight is 410 g/mol. The van der Waals surface area contributed by atoms with Crippen LogP contribution in [0.4, 0.5) is 0 Å². The zero-order valence-electron chi connectivity index (χ0n) is 16.9. The van der Waals surface area contributed by atoms with E-state index in [0.29, 0.717) is 17.2 Å². The topological polar surface area (TPSA) is 129 Å². The van der Waals surface area contributed by atoms with Crippen LogP contribution in [0.15, 0.2) is 28.8 Å². The number of esters is 1. The lowest BCUT2D eigenvalue weighted by atomic mass is 10.2. The maximum Gasteiger partial charge on any atom is 0.342 e. The van der Waals surface area contributed by atoms with Crippen LogP contribution in [-0.2, 0) is 16.1 Å². The first-order valence-corrected chi connectivity index (χ1v) is 9.30. The van der Waals surface area contributed by atoms with Gasteiger partial charge in [-0.3, -0.25) is 4.79 Å². The second kappa shape index (κ2) is 11.2. The van der Waals surface area contributed by atoms with Gasteiger partial charge in [0.1, 0.15) is 23.7 Å². The van der Waals surface area contributed by atoms with Crippen molar-refractivity contribution in [3.05, 3.63) is 46.8 Å². The third kappa shape index (κ3) is 6.08. The summed E-state index contributed by atoms with van der Waals surface area (Å²) in [5.74, 6) is -0.241. The van der Waals surface area contributed by atoms with Gasteiger partial charge >= 0.3 is 5.97 Å². The standard InChI is InChI=1S/C21H22N4O5/c1-15-18(16(2)30-24-15)13-28-19-8-4-3-7-17(19)21(27)29-14-20(26)25(11-5-9-22)12-6-10-23/h3-4,7-8H,5-6,11-14H2,1-2H3. The van der Waals surface area contributed by atoms with Crippen molar-refractivity contribution in [2.24, 2.45) is 0 Å². The average Bonchev–Trinajstić information content (AvgIpc) is 3.08. The molecule has 0 aliphatic heterocycles. The number of amides is 1. The molecule has 9 nitrogen and oxygen atoms in total. The van der Waals surface area contributed by atoms with E-state index in [-0.39, 0.29) is 38.1 Å². The number of aryl methyl sites for hydroxylation is 2. The summed E-state index contributed by atoms with van der Waals surface area (Å²) < 4.78 is 16.0. The third-order valence-corrected chi connectivity index (χ3v) is 4.33. The molecule has 2 aromatic rings. The van der Waals surface area contributed by atoms with Crippen LogP contribution in [0.3, 0.4) is 0 Å². The Hall–Kier alpha value is -3.85. The Labute approximate surface area is 174 Å². The number of benzene rings is 1. The van der Waals surface area contributed by atoms with Gasteiger partial charge in [-0.2, -0.15) is 10.5 Å². The highest BCUT2D eigenvalue weighted by molar-refractivity contribution is 5.94. The molecule has 0 bridgehead atoms. The van der Waals surface area contributed by atoms with Gasteiger partial charge in [-0.15, -0.1) is 0 Å². The first kappa shape index (κ1) is 22.4. The lowest BCUT2D eigenvalue weighted by Gasteiger charge is -2.20. The molecule has 0 saturated carbocycles. The highest BCUT2D eigenvalue weighted by Gasteiger charge is 2.19. The van der Waals surface area contributed by atoms with E-state index in [1.165, 1.54) is 4.90 Å². The largest absolute Gasteiger partial charge is 0.488 e. The molecular formula is C21H22N4O5. The van der Waals surface area contributed by atoms with Crippen molar-refractivity contribution >= 4 is 11.9 Å². The minimum absolute atomic E-state index is 0.128. The van der Waals surface area contributed by atoms with E-state index >= 15 is 0 Å². The van der Waals surface area contributed by atoms with Crippen LogP contribution in [0.2, 0.25) is 0 Å². The van der Waals surface area contributed by atoms with Crippen LogP contribution in [0.1, 0.15) is 40.2 Å². The molecule has 0 aliphatic rings. The van der Waals surface area contributed by atoms with E-state index in [2.05, 4.69) is 5.16 Å². The van der Waals surface area contributed by atoms with Crippen molar-refractivity contribution in [3.8, 4) is 17.9 Å². The fraction of sp³-hybridized carbons (Fsp3) is 0.381. The van der Waals surface area contributed by atoms with Gasteiger partial charge in [-0.1, -0.05) is 17.3 Å². The van der Waals surface area contributed by atoms with Gasteiger partial charge in [0.2, 0.25) is 0 Å². The van der Waals surface area contributed by atoms with Crippen molar-refractivity contribution in [3.63, 3.8) is 0 Å². The summed E-state index contributed by atoms with van der Waals surface area (Å²) in [6.07, 6.45) is 0.257. The number of carbonyl (C=O) groups excluding carboxylic acids is 2. The van der Waals surface area contributed by atoms with Gasteiger partial charge < -0.3 is 18.9 Å². The molecule has 1 aromatic heterocycles. The molecule has 1 heterocycles. The molecule has 0 saturated heterocycles. The van der Waals surface area contributed by atoms with E-state index in [1.54, 1.807) is 38.1 Å². The normalized spacial score (nSPS) is 10.0. The van der Waals surface area contributed by atoms with E-state index in [4.69, 9.17) is 24.5 Å². The minimum Gasteiger partial charge on any atom is -0.488 e. The molecule has 1 amide bonds. The summed E-state index contributed by atoms with van der Waals surface area (Å²) in [4.78, 5) is 26.2. The second-order valence-corrected chi connectivity index (χ2v) is 6.36. The van der Waals surface area contributed by atoms with Crippen LogP contribution in [0.25, 0.3) is 0 Å². The van der Waals surface area contributed by atoms with Gasteiger partial charge in [0.05, 0.1) is 36.2 Å². The van der Waals surface area contributed by atoms with E-state index in [1.807, 2.05) is 12.1 Å². The SMILES string of the molecule is Cc1noc(C)c1COc1ccccc1C(=O)OCC(=O)N(CCC#N)CCC#N. The molecule has 0 radical (unpaired) electrons. The second-order valence-electron chi connectivity index (χ2n) is 6.36. The monoisotopic (exact) mass is 410 g/mol. The summed E-state index contributed by atoms with van der Waals surface area (Å²) in [5.41, 5.74) is 1.67. The van der Waals surface area contributed by atoms with Crippen LogP contribution >= 0.6 is 0 Å². The first-order valence-electron chi connectivity index (χ1n) is 9.30. The summed E-state index contributed by atoms with van der Waals surface area (Å²) in [6.45, 7) is 3.59. The predicted molar refractivity (Wildman–Crippen MR) is 104 cm³/mol. The lowest BCUT2D eigenvalue weighted by molar-refractivity contribution is -0.134. The van der Waals surface area contributed by atoms with Crippen molar-refractivity contribution in [2.75, 3.05) is 19.7 Å². The Kier molecular flexibility index (Phi) is 8.40. The number of hydrogen-bond acceptors (Lipinski definition) is 8. The quantitative estimate of drug-likeness (QED) is 0.547. The van der Waals surface area contributed by atoms with E-state index in [9.17, 15) is 9.59 Å². The Morgan fingerprint density at radius 2 is 1.80 bits per heavy atom. The van der Waals surface area contributed by atoms with Gasteiger partial charge in [-0.25, -0.2) is 4.79 Å². The molecule has 0 aliphatic carbocycles. The zero-order valence-corrected chi connectivity index (χ0v) is 16.9. The smallest absolute Gasteiger partial charge is 0.342 e. The van der Waals surface area contributed by atoms with Crippen LogP contribution < -0.4 is 4.74 Å². The maximum atomic E-state index is 12.5. The summed E-state index contributed by atoms with van der Waals surface area (Å²) in [6, 6.07) is 10.4. The lowest BCUT2D eigenvalue weighted by Crippen LogP contribution is -2.36. The summed E-state index contributed by atoms with van der Waals surface area (Å²) in [5, 5.41) is 21.3. The number of nitriles is 2. The molecule has 0 fully saturated rings. The number of rotatable bonds is 10. The zero-order chi connectivity index (χ0) is 21.9. The number of para-hydroxylation sites is 1. The first-order chi connectivity index (χ1) is 14.5. The summed E-state index contributed by atoms with van der Waals surface area (Å²) >= 11 is 0. The van der Waals surface area contributed by atoms with Crippen molar-refractivity contribution in [1.29, 1.82) is 10.5 Å². The van der Waals surface area contributed by atoms with E-state index < -0.39 is 18.5 Å².